The van der Waals surface area contributed by atoms with Gasteiger partial charge in [-0.3, -0.25) is 9.59 Å². The first kappa shape index (κ1) is 27.2. The van der Waals surface area contributed by atoms with E-state index in [-0.39, 0.29) is 23.0 Å². The van der Waals surface area contributed by atoms with Gasteiger partial charge < -0.3 is 25.8 Å². The maximum Gasteiger partial charge on any atom is 0.255 e. The molecule has 2 aromatic rings. The Balaban J connectivity index is 1.72. The van der Waals surface area contributed by atoms with Crippen LogP contribution in [-0.2, 0) is 4.79 Å². The van der Waals surface area contributed by atoms with Crippen molar-refractivity contribution in [3.05, 3.63) is 54.1 Å². The van der Waals surface area contributed by atoms with Gasteiger partial charge >= 0.3 is 0 Å². The van der Waals surface area contributed by atoms with E-state index in [9.17, 15) is 14.7 Å². The van der Waals surface area contributed by atoms with Crippen LogP contribution in [0.5, 0.6) is 11.5 Å². The molecule has 1 atom stereocenters. The van der Waals surface area contributed by atoms with Crippen LogP contribution in [0.25, 0.3) is 0 Å². The largest absolute Gasteiger partial charge is 0.507 e. The zero-order chi connectivity index (χ0) is 25.0. The Morgan fingerprint density at radius 2 is 1.79 bits per heavy atom. The van der Waals surface area contributed by atoms with E-state index in [1.165, 1.54) is 13.0 Å². The number of unbranched alkanes of at least 4 members (excludes halogenated alkanes) is 1. The highest BCUT2D eigenvalue weighted by Crippen LogP contribution is 2.23. The fourth-order valence-corrected chi connectivity index (χ4v) is 3.79. The summed E-state index contributed by atoms with van der Waals surface area (Å²) in [6, 6.07) is 14.3. The third-order valence-corrected chi connectivity index (χ3v) is 5.23. The van der Waals surface area contributed by atoms with E-state index in [2.05, 4.69) is 36.7 Å². The fraction of sp³-hybridized carbons (Fsp3) is 0.481. The average Bonchev–Trinajstić information content (AvgIpc) is 2.75. The lowest BCUT2D eigenvalue weighted by Crippen LogP contribution is -2.36. The predicted octanol–water partition coefficient (Wildman–Crippen LogP) is 4.72. The van der Waals surface area contributed by atoms with Crippen LogP contribution in [-0.4, -0.2) is 42.7 Å². The van der Waals surface area contributed by atoms with E-state index in [1.807, 2.05) is 24.3 Å². The zero-order valence-electron chi connectivity index (χ0n) is 20.8. The molecule has 0 aliphatic rings. The molecule has 0 aromatic heterocycles. The minimum atomic E-state index is -0.248. The first-order valence-corrected chi connectivity index (χ1v) is 11.9. The van der Waals surface area contributed by atoms with Crippen molar-refractivity contribution in [1.29, 1.82) is 0 Å². The van der Waals surface area contributed by atoms with Gasteiger partial charge in [0.05, 0.1) is 5.56 Å². The smallest absolute Gasteiger partial charge is 0.255 e. The minimum absolute atomic E-state index is 0.00139. The molecule has 7 nitrogen and oxygen atoms in total. The lowest BCUT2D eigenvalue weighted by molar-refractivity contribution is -0.114. The lowest BCUT2D eigenvalue weighted by Gasteiger charge is -2.27. The third-order valence-electron chi connectivity index (χ3n) is 5.23. The van der Waals surface area contributed by atoms with Crippen LogP contribution < -0.4 is 20.7 Å². The number of anilines is 1. The molecule has 2 rings (SSSR count). The second-order valence-electron chi connectivity index (χ2n) is 9.74. The number of hydrogen-bond acceptors (Lipinski definition) is 5. The zero-order valence-corrected chi connectivity index (χ0v) is 20.8. The first-order valence-electron chi connectivity index (χ1n) is 11.9. The Labute approximate surface area is 203 Å². The molecule has 0 saturated heterocycles. The molecule has 2 aromatic carbocycles. The number of ether oxygens (including phenoxy) is 1. The second-order valence-corrected chi connectivity index (χ2v) is 9.74. The first-order chi connectivity index (χ1) is 16.1. The van der Waals surface area contributed by atoms with Crippen LogP contribution in [0.1, 0.15) is 63.7 Å². The van der Waals surface area contributed by atoms with Gasteiger partial charge in [-0.15, -0.1) is 0 Å². The maximum absolute atomic E-state index is 12.2. The molecule has 0 aliphatic heterocycles. The number of benzene rings is 2. The molecule has 2 amide bonds. The Morgan fingerprint density at radius 1 is 1.03 bits per heavy atom. The summed E-state index contributed by atoms with van der Waals surface area (Å²) in [5.74, 6) is 0.364. The summed E-state index contributed by atoms with van der Waals surface area (Å²) in [4.78, 5) is 23.4. The number of phenolic OH excluding ortho intramolecular Hbond substituents is 1. The van der Waals surface area contributed by atoms with Crippen LogP contribution >= 0.6 is 0 Å². The van der Waals surface area contributed by atoms with Crippen LogP contribution in [0.2, 0.25) is 0 Å². The van der Waals surface area contributed by atoms with Gasteiger partial charge in [0.2, 0.25) is 5.91 Å². The van der Waals surface area contributed by atoms with Crippen molar-refractivity contribution in [2.45, 2.75) is 59.4 Å². The van der Waals surface area contributed by atoms with Gasteiger partial charge in [0.25, 0.3) is 5.91 Å². The maximum atomic E-state index is 12.2. The van der Waals surface area contributed by atoms with Crippen molar-refractivity contribution in [2.75, 3.05) is 25.0 Å². The van der Waals surface area contributed by atoms with Crippen LogP contribution in [0.15, 0.2) is 48.5 Å². The lowest BCUT2D eigenvalue weighted by atomic mass is 9.86. The van der Waals surface area contributed by atoms with E-state index in [1.54, 1.807) is 18.2 Å². The monoisotopic (exact) mass is 469 g/mol. The number of aromatic hydroxyl groups is 1. The number of carbonyl (C=O) groups excluding carboxylic acids is 2. The number of rotatable bonds is 13. The van der Waals surface area contributed by atoms with Crippen molar-refractivity contribution >= 4 is 17.5 Å². The van der Waals surface area contributed by atoms with Crippen molar-refractivity contribution in [3.63, 3.8) is 0 Å². The van der Waals surface area contributed by atoms with Gasteiger partial charge in [-0.1, -0.05) is 45.4 Å². The van der Waals surface area contributed by atoms with Gasteiger partial charge in [-0.05, 0) is 48.9 Å². The van der Waals surface area contributed by atoms with E-state index in [4.69, 9.17) is 4.74 Å². The van der Waals surface area contributed by atoms with Gasteiger partial charge in [0.1, 0.15) is 18.1 Å². The molecule has 0 bridgehead atoms. The fourth-order valence-electron chi connectivity index (χ4n) is 3.79. The molecule has 0 spiro atoms. The topological polar surface area (TPSA) is 99.7 Å². The summed E-state index contributed by atoms with van der Waals surface area (Å²) in [5.41, 5.74) is 1.22. The summed E-state index contributed by atoms with van der Waals surface area (Å²) in [6.45, 7) is 10.0. The summed E-state index contributed by atoms with van der Waals surface area (Å²) in [7, 11) is 0. The van der Waals surface area contributed by atoms with Crippen LogP contribution in [0.3, 0.4) is 0 Å². The molecular weight excluding hydrogens is 430 g/mol. The molecule has 186 valence electrons. The number of hydrogen-bond donors (Lipinski definition) is 4. The molecule has 0 fully saturated rings. The molecule has 4 N–H and O–H groups in total. The molecule has 1 unspecified atom stereocenters. The number of phenols is 1. The number of carbonyl (C=O) groups is 2. The molecule has 7 heteroatoms. The number of amides is 2. The second kappa shape index (κ2) is 13.6. The normalized spacial score (nSPS) is 12.1. The SMILES string of the molecule is CC(=O)Nc1cccc(OCCNC(CCCCNC(=O)c2ccccc2O)CC(C)(C)C)c1. The van der Waals surface area contributed by atoms with Crippen molar-refractivity contribution in [3.8, 4) is 11.5 Å². The van der Waals surface area contributed by atoms with E-state index < -0.39 is 0 Å². The van der Waals surface area contributed by atoms with Crippen molar-refractivity contribution in [2.24, 2.45) is 5.41 Å². The van der Waals surface area contributed by atoms with Gasteiger partial charge in [-0.2, -0.15) is 0 Å². The Bertz CT molecular complexity index is 924. The molecular formula is C27H39N3O4. The molecule has 0 aliphatic carbocycles. The quantitative estimate of drug-likeness (QED) is 0.318. The molecule has 0 radical (unpaired) electrons. The number of para-hydroxylation sites is 1. The standard InChI is InChI=1S/C27H39N3O4/c1-20(31)30-21-11-9-12-23(18-21)34-17-16-28-22(19-27(2,3)4)10-7-8-15-29-26(33)24-13-5-6-14-25(24)32/h5-6,9,11-14,18,22,28,32H,7-8,10,15-17,19H2,1-4H3,(H,29,33)(H,30,31). The highest BCUT2D eigenvalue weighted by Gasteiger charge is 2.18. The van der Waals surface area contributed by atoms with Crippen LogP contribution in [0.4, 0.5) is 5.69 Å². The Kier molecular flexibility index (Phi) is 10.9. The van der Waals surface area contributed by atoms with Gasteiger partial charge in [0.15, 0.2) is 0 Å². The van der Waals surface area contributed by atoms with Crippen molar-refractivity contribution < 1.29 is 19.4 Å². The Morgan fingerprint density at radius 3 is 2.50 bits per heavy atom. The minimum Gasteiger partial charge on any atom is -0.507 e. The van der Waals surface area contributed by atoms with E-state index in [0.29, 0.717) is 24.8 Å². The average molecular weight is 470 g/mol. The molecule has 34 heavy (non-hydrogen) atoms. The van der Waals surface area contributed by atoms with E-state index in [0.717, 1.165) is 43.7 Å². The van der Waals surface area contributed by atoms with E-state index >= 15 is 0 Å². The Hall–Kier alpha value is -3.06. The van der Waals surface area contributed by atoms with Crippen molar-refractivity contribution in [1.82, 2.24) is 10.6 Å². The molecule has 0 saturated carbocycles. The highest BCUT2D eigenvalue weighted by atomic mass is 16.5. The van der Waals surface area contributed by atoms with Gasteiger partial charge in [0, 0.05) is 37.8 Å². The highest BCUT2D eigenvalue weighted by molar-refractivity contribution is 5.96. The number of nitrogens with one attached hydrogen (secondary N) is 3. The summed E-state index contributed by atoms with van der Waals surface area (Å²) in [6.07, 6.45) is 3.89. The predicted molar refractivity (Wildman–Crippen MR) is 136 cm³/mol. The van der Waals surface area contributed by atoms with Gasteiger partial charge in [-0.25, -0.2) is 0 Å². The summed E-state index contributed by atoms with van der Waals surface area (Å²) < 4.78 is 5.85. The summed E-state index contributed by atoms with van der Waals surface area (Å²) in [5, 5.41) is 19.0. The molecule has 0 heterocycles. The third kappa shape index (κ3) is 10.7. The van der Waals surface area contributed by atoms with Crippen LogP contribution in [0, 0.1) is 5.41 Å². The summed E-state index contributed by atoms with van der Waals surface area (Å²) >= 11 is 0.